The molecule has 0 bridgehead atoms. The lowest BCUT2D eigenvalue weighted by Gasteiger charge is -2.08. The van der Waals surface area contributed by atoms with Crippen molar-refractivity contribution >= 4 is 0 Å². The van der Waals surface area contributed by atoms with Crippen LogP contribution in [0, 0.1) is 11.6 Å². The second-order valence-electron chi connectivity index (χ2n) is 3.49. The highest BCUT2D eigenvalue weighted by Crippen LogP contribution is 2.26. The van der Waals surface area contributed by atoms with Crippen molar-refractivity contribution < 1.29 is 13.5 Å². The Kier molecular flexibility index (Phi) is 3.35. The predicted octanol–water partition coefficient (Wildman–Crippen LogP) is 3.22. The Hall–Kier alpha value is -1.94. The molecule has 2 aromatic rings. The Morgan fingerprint density at radius 1 is 1.00 bits per heavy atom. The molecule has 0 aliphatic rings. The lowest BCUT2D eigenvalue weighted by atomic mass is 10.2. The largest absolute Gasteiger partial charge is 0.454 e. The van der Waals surface area contributed by atoms with Gasteiger partial charge in [-0.05, 0) is 18.2 Å². The quantitative estimate of drug-likeness (QED) is 0.886. The molecule has 0 unspecified atom stereocenters. The molecule has 0 aliphatic carbocycles. The first-order valence-electron chi connectivity index (χ1n) is 5.11. The van der Waals surface area contributed by atoms with E-state index in [1.54, 1.807) is 24.3 Å². The second-order valence-corrected chi connectivity index (χ2v) is 3.49. The first-order valence-corrected chi connectivity index (χ1v) is 5.11. The number of ether oxygens (including phenoxy) is 1. The lowest BCUT2D eigenvalue weighted by molar-refractivity contribution is 0.436. The average Bonchev–Trinajstić information content (AvgIpc) is 2.34. The van der Waals surface area contributed by atoms with Crippen molar-refractivity contribution in [3.63, 3.8) is 0 Å². The zero-order valence-electron chi connectivity index (χ0n) is 8.99. The third-order valence-electron chi connectivity index (χ3n) is 2.29. The summed E-state index contributed by atoms with van der Waals surface area (Å²) in [7, 11) is 0. The third-order valence-corrected chi connectivity index (χ3v) is 2.29. The van der Waals surface area contributed by atoms with E-state index in [0.717, 1.165) is 6.07 Å². The molecule has 0 atom stereocenters. The molecule has 2 rings (SSSR count). The van der Waals surface area contributed by atoms with Gasteiger partial charge >= 0.3 is 0 Å². The highest BCUT2D eigenvalue weighted by molar-refractivity contribution is 5.35. The molecule has 0 amide bonds. The van der Waals surface area contributed by atoms with Gasteiger partial charge in [0.2, 0.25) is 0 Å². The van der Waals surface area contributed by atoms with Gasteiger partial charge in [-0.25, -0.2) is 8.78 Å². The molecule has 4 heteroatoms. The van der Waals surface area contributed by atoms with Crippen molar-refractivity contribution in [1.29, 1.82) is 0 Å². The molecule has 2 aromatic carbocycles. The van der Waals surface area contributed by atoms with Gasteiger partial charge in [0.05, 0.1) is 0 Å². The summed E-state index contributed by atoms with van der Waals surface area (Å²) < 4.78 is 32.0. The van der Waals surface area contributed by atoms with Crippen LogP contribution in [-0.4, -0.2) is 0 Å². The van der Waals surface area contributed by atoms with Crippen LogP contribution in [-0.2, 0) is 6.54 Å². The molecule has 17 heavy (non-hydrogen) atoms. The van der Waals surface area contributed by atoms with Crippen LogP contribution in [0.15, 0.2) is 42.5 Å². The number of hydrogen-bond acceptors (Lipinski definition) is 2. The van der Waals surface area contributed by atoms with Crippen LogP contribution < -0.4 is 10.5 Å². The molecule has 0 aromatic heterocycles. The van der Waals surface area contributed by atoms with Crippen molar-refractivity contribution in [2.45, 2.75) is 6.54 Å². The maximum Gasteiger partial charge on any atom is 0.168 e. The van der Waals surface area contributed by atoms with Gasteiger partial charge in [-0.15, -0.1) is 0 Å². The molecule has 0 heterocycles. The first-order chi connectivity index (χ1) is 8.20. The highest BCUT2D eigenvalue weighted by Gasteiger charge is 2.10. The van der Waals surface area contributed by atoms with Gasteiger partial charge in [-0.1, -0.05) is 18.2 Å². The smallest absolute Gasteiger partial charge is 0.168 e. The van der Waals surface area contributed by atoms with Gasteiger partial charge in [0.15, 0.2) is 11.6 Å². The fourth-order valence-electron chi connectivity index (χ4n) is 1.42. The molecule has 0 fully saturated rings. The average molecular weight is 235 g/mol. The Morgan fingerprint density at radius 2 is 1.71 bits per heavy atom. The van der Waals surface area contributed by atoms with E-state index < -0.39 is 11.6 Å². The van der Waals surface area contributed by atoms with Crippen molar-refractivity contribution in [2.75, 3.05) is 0 Å². The Balaban J connectivity index is 2.33. The lowest BCUT2D eigenvalue weighted by Crippen LogP contribution is -2.01. The number of benzene rings is 2. The molecule has 2 N–H and O–H groups in total. The Morgan fingerprint density at radius 3 is 2.35 bits per heavy atom. The van der Waals surface area contributed by atoms with E-state index in [0.29, 0.717) is 5.75 Å². The number of halogens is 2. The van der Waals surface area contributed by atoms with Gasteiger partial charge in [-0.2, -0.15) is 0 Å². The summed E-state index contributed by atoms with van der Waals surface area (Å²) in [5, 5.41) is 0. The summed E-state index contributed by atoms with van der Waals surface area (Å²) in [4.78, 5) is 0. The monoisotopic (exact) mass is 235 g/mol. The normalized spacial score (nSPS) is 10.3. The Labute approximate surface area is 97.6 Å². The van der Waals surface area contributed by atoms with Crippen molar-refractivity contribution in [2.24, 2.45) is 5.73 Å². The summed E-state index contributed by atoms with van der Waals surface area (Å²) in [5.74, 6) is -0.951. The first kappa shape index (κ1) is 11.5. The minimum absolute atomic E-state index is 0.00272. The van der Waals surface area contributed by atoms with Crippen molar-refractivity contribution in [3.8, 4) is 11.5 Å². The highest BCUT2D eigenvalue weighted by atomic mass is 19.1. The van der Waals surface area contributed by atoms with Crippen molar-refractivity contribution in [3.05, 3.63) is 59.7 Å². The van der Waals surface area contributed by atoms with E-state index in [-0.39, 0.29) is 17.9 Å². The summed E-state index contributed by atoms with van der Waals surface area (Å²) in [6.07, 6.45) is 0. The minimum atomic E-state index is -0.747. The molecule has 0 spiro atoms. The maximum absolute atomic E-state index is 13.4. The molecule has 2 nitrogen and oxygen atoms in total. The number of rotatable bonds is 3. The third kappa shape index (κ3) is 2.60. The van der Waals surface area contributed by atoms with Crippen molar-refractivity contribution in [1.82, 2.24) is 0 Å². The number of para-hydroxylation sites is 1. The molecule has 0 radical (unpaired) electrons. The molecule has 0 aliphatic heterocycles. The minimum Gasteiger partial charge on any atom is -0.454 e. The van der Waals surface area contributed by atoms with Gasteiger partial charge in [0.25, 0.3) is 0 Å². The van der Waals surface area contributed by atoms with Crippen LogP contribution in [0.5, 0.6) is 11.5 Å². The van der Waals surface area contributed by atoms with Crippen LogP contribution >= 0.6 is 0 Å². The van der Waals surface area contributed by atoms with E-state index in [1.807, 2.05) is 6.07 Å². The van der Waals surface area contributed by atoms with Gasteiger partial charge in [0.1, 0.15) is 11.6 Å². The second kappa shape index (κ2) is 4.93. The Bertz CT molecular complexity index is 514. The molecule has 88 valence electrons. The van der Waals surface area contributed by atoms with Gasteiger partial charge in [0, 0.05) is 18.2 Å². The zero-order valence-corrected chi connectivity index (χ0v) is 8.99. The van der Waals surface area contributed by atoms with Crippen LogP contribution in [0.3, 0.4) is 0 Å². The van der Waals surface area contributed by atoms with E-state index >= 15 is 0 Å². The number of nitrogens with two attached hydrogens (primary N) is 1. The molecular formula is C13H11F2NO. The van der Waals surface area contributed by atoms with Crippen LogP contribution in [0.4, 0.5) is 8.78 Å². The maximum atomic E-state index is 13.4. The zero-order chi connectivity index (χ0) is 12.3. The van der Waals surface area contributed by atoms with E-state index in [4.69, 9.17) is 10.5 Å². The molecule has 0 saturated heterocycles. The van der Waals surface area contributed by atoms with E-state index in [9.17, 15) is 8.78 Å². The van der Waals surface area contributed by atoms with Gasteiger partial charge < -0.3 is 10.5 Å². The molecular weight excluding hydrogens is 224 g/mol. The van der Waals surface area contributed by atoms with Crippen LogP contribution in [0.2, 0.25) is 0 Å². The SMILES string of the molecule is NCc1cc(Oc2ccccc2)c(F)cc1F. The van der Waals surface area contributed by atoms with E-state index in [1.165, 1.54) is 6.07 Å². The summed E-state index contributed by atoms with van der Waals surface area (Å²) in [5.41, 5.74) is 5.56. The predicted molar refractivity (Wildman–Crippen MR) is 60.8 cm³/mol. The van der Waals surface area contributed by atoms with Gasteiger partial charge in [-0.3, -0.25) is 0 Å². The molecule has 0 saturated carbocycles. The summed E-state index contributed by atoms with van der Waals surface area (Å²) in [6, 6.07) is 10.8. The fourth-order valence-corrected chi connectivity index (χ4v) is 1.42. The topological polar surface area (TPSA) is 35.2 Å². The summed E-state index contributed by atoms with van der Waals surface area (Å²) >= 11 is 0. The fraction of sp³-hybridized carbons (Fsp3) is 0.0769. The summed E-state index contributed by atoms with van der Waals surface area (Å²) in [6.45, 7) is -0.00272. The van der Waals surface area contributed by atoms with Crippen LogP contribution in [0.1, 0.15) is 5.56 Å². The van der Waals surface area contributed by atoms with E-state index in [2.05, 4.69) is 0 Å². The number of hydrogen-bond donors (Lipinski definition) is 1. The van der Waals surface area contributed by atoms with Crippen LogP contribution in [0.25, 0.3) is 0 Å². The standard InChI is InChI=1S/C13H11F2NO/c14-11-7-12(15)13(6-9(11)8-16)17-10-4-2-1-3-5-10/h1-7H,8,16H2.